The van der Waals surface area contributed by atoms with Crippen molar-refractivity contribution in [2.75, 3.05) is 5.32 Å². The summed E-state index contributed by atoms with van der Waals surface area (Å²) in [6, 6.07) is 17.1. The lowest BCUT2D eigenvalue weighted by molar-refractivity contribution is -0.578. The van der Waals surface area contributed by atoms with E-state index in [1.54, 1.807) is 10.8 Å². The molecule has 5 heteroatoms. The zero-order valence-electron chi connectivity index (χ0n) is 15.8. The molecule has 0 unspecified atom stereocenters. The largest absolute Gasteiger partial charge is 0.867 e. The second-order valence-electron chi connectivity index (χ2n) is 6.44. The molecule has 0 aliphatic rings. The number of nitrogens with zero attached hydrogens (tertiary/aromatic N) is 1. The zero-order chi connectivity index (χ0) is 20.1. The quantitative estimate of drug-likeness (QED) is 0.307. The van der Waals surface area contributed by atoms with Gasteiger partial charge in [0, 0.05) is 17.3 Å². The van der Waals surface area contributed by atoms with Gasteiger partial charge in [0.1, 0.15) is 5.82 Å². The minimum atomic E-state index is -0.390. The van der Waals surface area contributed by atoms with E-state index in [9.17, 15) is 9.50 Å². The lowest BCUT2D eigenvalue weighted by Crippen LogP contribution is -2.40. The minimum Gasteiger partial charge on any atom is -0.867 e. The van der Waals surface area contributed by atoms with Crippen LogP contribution in [0.15, 0.2) is 73.1 Å². The molecule has 3 aromatic rings. The Kier molecular flexibility index (Phi) is 6.16. The van der Waals surface area contributed by atoms with E-state index >= 15 is 0 Å². The molecule has 0 aliphatic carbocycles. The van der Waals surface area contributed by atoms with Gasteiger partial charge in [-0.2, -0.15) is 4.57 Å². The van der Waals surface area contributed by atoms with E-state index in [1.165, 1.54) is 24.3 Å². The first-order valence-corrected chi connectivity index (χ1v) is 9.45. The molecule has 2 aromatic carbocycles. The van der Waals surface area contributed by atoms with Crippen LogP contribution in [0.5, 0.6) is 0 Å². The molecule has 0 saturated heterocycles. The van der Waals surface area contributed by atoms with Gasteiger partial charge in [0.2, 0.25) is 5.70 Å². The molecule has 0 amide bonds. The molecule has 0 fully saturated rings. The first-order chi connectivity index (χ1) is 13.5. The highest BCUT2D eigenvalue weighted by atomic mass is 32.1. The Morgan fingerprint density at radius 1 is 1.07 bits per heavy atom. The van der Waals surface area contributed by atoms with Crippen molar-refractivity contribution in [1.29, 1.82) is 0 Å². The van der Waals surface area contributed by atoms with Crippen LogP contribution in [-0.2, 0) is 6.42 Å². The Hall–Kier alpha value is -3.05. The summed E-state index contributed by atoms with van der Waals surface area (Å²) >= 11 is 5.63. The number of para-hydroxylation sites is 1. The van der Waals surface area contributed by atoms with Gasteiger partial charge in [-0.25, -0.2) is 4.39 Å². The van der Waals surface area contributed by atoms with E-state index in [0.29, 0.717) is 16.2 Å². The number of hydrogen-bond donors (Lipinski definition) is 1. The molecule has 28 heavy (non-hydrogen) atoms. The number of aromatic nitrogens is 1. The van der Waals surface area contributed by atoms with Crippen molar-refractivity contribution in [2.24, 2.45) is 0 Å². The predicted octanol–water partition coefficient (Wildman–Crippen LogP) is 4.11. The van der Waals surface area contributed by atoms with Crippen LogP contribution in [0.1, 0.15) is 23.6 Å². The summed E-state index contributed by atoms with van der Waals surface area (Å²) in [4.78, 5) is 0.311. The van der Waals surface area contributed by atoms with Crippen LogP contribution < -0.4 is 15.0 Å². The second kappa shape index (κ2) is 8.76. The van der Waals surface area contributed by atoms with Crippen LogP contribution in [0.3, 0.4) is 0 Å². The molecule has 0 atom stereocenters. The second-order valence-corrected chi connectivity index (χ2v) is 6.85. The first kappa shape index (κ1) is 19.7. The van der Waals surface area contributed by atoms with Gasteiger partial charge >= 0.3 is 0 Å². The van der Waals surface area contributed by atoms with Gasteiger partial charge in [0.25, 0.3) is 0 Å². The molecule has 0 saturated carbocycles. The topological polar surface area (TPSA) is 39.0 Å². The third-order valence-corrected chi connectivity index (χ3v) is 4.69. The number of pyridine rings is 1. The Morgan fingerprint density at radius 3 is 2.46 bits per heavy atom. The number of benzene rings is 2. The number of halogens is 1. The highest BCUT2D eigenvalue weighted by molar-refractivity contribution is 7.81. The summed E-state index contributed by atoms with van der Waals surface area (Å²) < 4.78 is 15.0. The summed E-state index contributed by atoms with van der Waals surface area (Å²) in [6.45, 7) is 4.01. The molecule has 0 spiro atoms. The van der Waals surface area contributed by atoms with E-state index in [-0.39, 0.29) is 11.6 Å². The molecular weight excluding hydrogens is 371 g/mol. The van der Waals surface area contributed by atoms with Crippen molar-refractivity contribution in [3.05, 3.63) is 95.6 Å². The highest BCUT2D eigenvalue weighted by Gasteiger charge is 2.19. The molecule has 1 heterocycles. The van der Waals surface area contributed by atoms with Gasteiger partial charge in [0.15, 0.2) is 17.4 Å². The highest BCUT2D eigenvalue weighted by Crippen LogP contribution is 2.20. The predicted molar refractivity (Wildman–Crippen MR) is 113 cm³/mol. The van der Waals surface area contributed by atoms with E-state index < -0.39 is 0 Å². The lowest BCUT2D eigenvalue weighted by Gasteiger charge is -2.18. The molecule has 3 nitrogen and oxygen atoms in total. The van der Waals surface area contributed by atoms with E-state index in [1.807, 2.05) is 49.5 Å². The Bertz CT molecular complexity index is 1030. The monoisotopic (exact) mass is 392 g/mol. The van der Waals surface area contributed by atoms with Crippen molar-refractivity contribution < 1.29 is 14.1 Å². The first-order valence-electron chi connectivity index (χ1n) is 9.04. The maximum absolute atomic E-state index is 13.3. The molecule has 1 aromatic heterocycles. The smallest absolute Gasteiger partial charge is 0.238 e. The van der Waals surface area contributed by atoms with Gasteiger partial charge in [-0.1, -0.05) is 49.5 Å². The Balaban J connectivity index is 2.09. The molecule has 3 rings (SSSR count). The van der Waals surface area contributed by atoms with Crippen LogP contribution in [0.2, 0.25) is 0 Å². The molecule has 142 valence electrons. The summed E-state index contributed by atoms with van der Waals surface area (Å²) in [5.41, 5.74) is 3.65. The van der Waals surface area contributed by atoms with Gasteiger partial charge in [0.05, 0.1) is 0 Å². The summed E-state index contributed by atoms with van der Waals surface area (Å²) in [6.07, 6.45) is 4.46. The fourth-order valence-electron chi connectivity index (χ4n) is 2.94. The normalized spacial score (nSPS) is 11.7. The summed E-state index contributed by atoms with van der Waals surface area (Å²) in [5, 5.41) is 16.5. The number of aryl methyl sites for hydroxylation is 2. The maximum Gasteiger partial charge on any atom is 0.238 e. The van der Waals surface area contributed by atoms with Crippen molar-refractivity contribution in [3.8, 4) is 0 Å². The minimum absolute atomic E-state index is 0.276. The van der Waals surface area contributed by atoms with Crippen molar-refractivity contribution in [1.82, 2.24) is 0 Å². The van der Waals surface area contributed by atoms with Gasteiger partial charge in [-0.3, -0.25) is 0 Å². The van der Waals surface area contributed by atoms with Crippen LogP contribution in [-0.4, -0.2) is 4.99 Å². The van der Waals surface area contributed by atoms with E-state index in [2.05, 4.69) is 12.2 Å². The number of nitrogens with one attached hydrogen (secondary N) is 1. The molecule has 0 radical (unpaired) electrons. The molecule has 1 N–H and O–H groups in total. The number of hydrogen-bond acceptors (Lipinski definition) is 2. The third kappa shape index (κ3) is 4.43. The van der Waals surface area contributed by atoms with Crippen molar-refractivity contribution in [3.63, 3.8) is 0 Å². The fraction of sp³-hybridized carbons (Fsp3) is 0.130. The maximum atomic E-state index is 13.3. The van der Waals surface area contributed by atoms with Crippen molar-refractivity contribution >= 4 is 34.3 Å². The average Bonchev–Trinajstić information content (AvgIpc) is 2.69. The van der Waals surface area contributed by atoms with Crippen LogP contribution in [0.4, 0.5) is 10.1 Å². The third-order valence-electron chi connectivity index (χ3n) is 4.39. The van der Waals surface area contributed by atoms with E-state index in [4.69, 9.17) is 12.2 Å². The number of anilines is 1. The van der Waals surface area contributed by atoms with E-state index in [0.717, 1.165) is 23.2 Å². The van der Waals surface area contributed by atoms with Crippen molar-refractivity contribution in [2.45, 2.75) is 20.3 Å². The van der Waals surface area contributed by atoms with Gasteiger partial charge in [-0.15, -0.1) is 0 Å². The summed E-state index contributed by atoms with van der Waals surface area (Å²) in [5.74, 6) is -0.666. The standard InChI is InChI=1S/C23H21FN2OS/c1-3-17-8-4-5-9-20(17)25-23(28)21(26-14-6-7-16(2)15-26)22(27)18-10-12-19(24)13-11-18/h4-15H,3H2,1-2H3,(H-,25,27,28). The number of rotatable bonds is 5. The SMILES string of the molecule is CCc1ccccc1NC(=S)C(=C([O-])c1ccc(F)cc1)[n+]1cccc(C)c1. The lowest BCUT2D eigenvalue weighted by atomic mass is 10.1. The molecule has 0 bridgehead atoms. The average molecular weight is 392 g/mol. The van der Waals surface area contributed by atoms with Gasteiger partial charge in [-0.05, 0) is 54.5 Å². The number of thiocarbonyl (C=S) groups is 1. The Morgan fingerprint density at radius 2 is 1.79 bits per heavy atom. The molecule has 0 aliphatic heterocycles. The zero-order valence-corrected chi connectivity index (χ0v) is 16.6. The Labute approximate surface area is 169 Å². The van der Waals surface area contributed by atoms with Gasteiger partial charge < -0.3 is 10.4 Å². The summed E-state index contributed by atoms with van der Waals surface area (Å²) in [7, 11) is 0. The fourth-order valence-corrected chi connectivity index (χ4v) is 3.25. The molecular formula is C23H21FN2OS. The van der Waals surface area contributed by atoms with Crippen LogP contribution >= 0.6 is 12.2 Å². The van der Waals surface area contributed by atoms with Crippen LogP contribution in [0, 0.1) is 12.7 Å². The van der Waals surface area contributed by atoms with Crippen LogP contribution in [0.25, 0.3) is 11.5 Å².